The maximum Gasteiger partial charge on any atom is 0.131 e. The summed E-state index contributed by atoms with van der Waals surface area (Å²) in [4.78, 5) is 0. The molecular weight excluding hydrogens is 174 g/mol. The Labute approximate surface area is 84.6 Å². The van der Waals surface area contributed by atoms with E-state index < -0.39 is 0 Å². The minimum absolute atomic E-state index is 0.752. The average Bonchev–Trinajstić information content (AvgIpc) is 2.44. The lowest BCUT2D eigenvalue weighted by molar-refractivity contribution is 0.325. The lowest BCUT2D eigenvalue weighted by atomic mass is 10.1. The van der Waals surface area contributed by atoms with Crippen LogP contribution in [-0.4, -0.2) is 13.2 Å². The van der Waals surface area contributed by atoms with Crippen LogP contribution in [0, 0.1) is 0 Å². The van der Waals surface area contributed by atoms with Crippen molar-refractivity contribution in [1.82, 2.24) is 5.32 Å². The van der Waals surface area contributed by atoms with E-state index in [1.165, 1.54) is 11.1 Å². The molecule has 0 radical (unpaired) electrons. The second-order valence-corrected chi connectivity index (χ2v) is 3.36. The van der Waals surface area contributed by atoms with Crippen LogP contribution in [0.5, 0.6) is 5.75 Å². The highest BCUT2D eigenvalue weighted by molar-refractivity contribution is 5.59. The highest BCUT2D eigenvalue weighted by Crippen LogP contribution is 2.26. The molecule has 1 aliphatic rings. The Kier molecular flexibility index (Phi) is 2.84. The third-order valence-corrected chi connectivity index (χ3v) is 2.31. The van der Waals surface area contributed by atoms with Crippen molar-refractivity contribution in [1.29, 1.82) is 0 Å². The monoisotopic (exact) mass is 189 g/mol. The molecule has 74 valence electrons. The van der Waals surface area contributed by atoms with Crippen LogP contribution in [0.1, 0.15) is 18.1 Å². The molecule has 1 aromatic rings. The van der Waals surface area contributed by atoms with Crippen LogP contribution < -0.4 is 10.1 Å². The van der Waals surface area contributed by atoms with E-state index in [-0.39, 0.29) is 0 Å². The van der Waals surface area contributed by atoms with Crippen LogP contribution in [0.3, 0.4) is 0 Å². The first-order valence-corrected chi connectivity index (χ1v) is 5.00. The van der Waals surface area contributed by atoms with Crippen molar-refractivity contribution in [2.45, 2.75) is 13.5 Å². The number of para-hydroxylation sites is 1. The number of hydrogen-bond acceptors (Lipinski definition) is 2. The summed E-state index contributed by atoms with van der Waals surface area (Å²) in [5, 5.41) is 3.32. The van der Waals surface area contributed by atoms with Crippen molar-refractivity contribution in [3.63, 3.8) is 0 Å². The Morgan fingerprint density at radius 2 is 2.36 bits per heavy atom. The molecule has 0 saturated heterocycles. The van der Waals surface area contributed by atoms with Gasteiger partial charge in [0.05, 0.1) is 0 Å². The third-order valence-electron chi connectivity index (χ3n) is 2.31. The molecule has 2 rings (SSSR count). The van der Waals surface area contributed by atoms with Crippen molar-refractivity contribution in [2.24, 2.45) is 0 Å². The Hall–Kier alpha value is -1.28. The fourth-order valence-electron chi connectivity index (χ4n) is 1.68. The van der Waals surface area contributed by atoms with E-state index in [2.05, 4.69) is 29.6 Å². The molecule has 14 heavy (non-hydrogen) atoms. The van der Waals surface area contributed by atoms with E-state index >= 15 is 0 Å². The second kappa shape index (κ2) is 4.29. The van der Waals surface area contributed by atoms with Crippen molar-refractivity contribution in [3.8, 4) is 5.75 Å². The van der Waals surface area contributed by atoms with Crippen molar-refractivity contribution in [2.75, 3.05) is 13.2 Å². The number of fused-ring (bicyclic) bond motifs is 1. The third kappa shape index (κ3) is 1.80. The largest absolute Gasteiger partial charge is 0.491 e. The summed E-state index contributed by atoms with van der Waals surface area (Å²) in [6.07, 6.45) is 4.13. The van der Waals surface area contributed by atoms with E-state index in [0.717, 1.165) is 25.4 Å². The molecule has 0 bridgehead atoms. The highest BCUT2D eigenvalue weighted by atomic mass is 16.5. The van der Waals surface area contributed by atoms with Crippen LogP contribution >= 0.6 is 0 Å². The van der Waals surface area contributed by atoms with Gasteiger partial charge in [0.15, 0.2) is 0 Å². The zero-order chi connectivity index (χ0) is 9.80. The number of hydrogen-bond donors (Lipinski definition) is 1. The summed E-state index contributed by atoms with van der Waals surface area (Å²) in [6, 6.07) is 6.27. The Balaban J connectivity index is 2.42. The molecule has 2 nitrogen and oxygen atoms in total. The lowest BCUT2D eigenvalue weighted by Crippen LogP contribution is -2.16. The van der Waals surface area contributed by atoms with Gasteiger partial charge in [-0.2, -0.15) is 0 Å². The summed E-state index contributed by atoms with van der Waals surface area (Å²) in [5.74, 6) is 1.04. The van der Waals surface area contributed by atoms with Gasteiger partial charge in [-0.1, -0.05) is 30.4 Å². The molecule has 2 heteroatoms. The fraction of sp³-hybridized carbons (Fsp3) is 0.333. The van der Waals surface area contributed by atoms with Gasteiger partial charge in [-0.3, -0.25) is 0 Å². The van der Waals surface area contributed by atoms with E-state index in [0.29, 0.717) is 0 Å². The number of nitrogens with one attached hydrogen (secondary N) is 1. The van der Waals surface area contributed by atoms with Gasteiger partial charge in [-0.25, -0.2) is 0 Å². The summed E-state index contributed by atoms with van der Waals surface area (Å²) < 4.78 is 5.72. The van der Waals surface area contributed by atoms with Gasteiger partial charge in [0.1, 0.15) is 12.4 Å². The Morgan fingerprint density at radius 3 is 3.21 bits per heavy atom. The normalized spacial score (nSPS) is 16.1. The zero-order valence-electron chi connectivity index (χ0n) is 8.42. The number of ether oxygens (including phenoxy) is 1. The highest BCUT2D eigenvalue weighted by Gasteiger charge is 2.10. The molecule has 0 aromatic heterocycles. The SMILES string of the molecule is CC=Cc1cccc2c1OCCNC2. The fourth-order valence-corrected chi connectivity index (χ4v) is 1.68. The quantitative estimate of drug-likeness (QED) is 0.731. The van der Waals surface area contributed by atoms with Crippen molar-refractivity contribution in [3.05, 3.63) is 35.4 Å². The minimum atomic E-state index is 0.752. The molecule has 0 saturated carbocycles. The molecule has 0 amide bonds. The number of allylic oxidation sites excluding steroid dienone is 1. The zero-order valence-corrected chi connectivity index (χ0v) is 8.42. The van der Waals surface area contributed by atoms with Crippen LogP contribution in [0.4, 0.5) is 0 Å². The Morgan fingerprint density at radius 1 is 1.43 bits per heavy atom. The van der Waals surface area contributed by atoms with Crippen LogP contribution in [0.2, 0.25) is 0 Å². The van der Waals surface area contributed by atoms with Crippen LogP contribution in [0.15, 0.2) is 24.3 Å². The maximum atomic E-state index is 5.72. The van der Waals surface area contributed by atoms with E-state index in [1.807, 2.05) is 13.0 Å². The van der Waals surface area contributed by atoms with Crippen LogP contribution in [0.25, 0.3) is 6.08 Å². The Bertz CT molecular complexity index is 344. The molecule has 1 aromatic carbocycles. The minimum Gasteiger partial charge on any atom is -0.491 e. The first-order valence-electron chi connectivity index (χ1n) is 5.00. The maximum absolute atomic E-state index is 5.72. The van der Waals surface area contributed by atoms with E-state index in [4.69, 9.17) is 4.74 Å². The first-order chi connectivity index (χ1) is 6.92. The molecule has 0 atom stereocenters. The molecular formula is C12H15NO. The molecule has 0 spiro atoms. The van der Waals surface area contributed by atoms with Gasteiger partial charge in [0.2, 0.25) is 0 Å². The second-order valence-electron chi connectivity index (χ2n) is 3.36. The predicted octanol–water partition coefficient (Wildman–Crippen LogP) is 2.20. The van der Waals surface area contributed by atoms with Gasteiger partial charge < -0.3 is 10.1 Å². The predicted molar refractivity (Wildman–Crippen MR) is 58.4 cm³/mol. The topological polar surface area (TPSA) is 21.3 Å². The molecule has 0 aliphatic carbocycles. The summed E-state index contributed by atoms with van der Waals surface area (Å²) in [5.41, 5.74) is 2.42. The van der Waals surface area contributed by atoms with Gasteiger partial charge >= 0.3 is 0 Å². The smallest absolute Gasteiger partial charge is 0.131 e. The van der Waals surface area contributed by atoms with Crippen molar-refractivity contribution >= 4 is 6.08 Å². The molecule has 1 N–H and O–H groups in total. The summed E-state index contributed by atoms with van der Waals surface area (Å²) in [6.45, 7) is 4.60. The molecule has 0 unspecified atom stereocenters. The summed E-state index contributed by atoms with van der Waals surface area (Å²) >= 11 is 0. The van der Waals surface area contributed by atoms with Crippen molar-refractivity contribution < 1.29 is 4.74 Å². The molecule has 1 heterocycles. The summed E-state index contributed by atoms with van der Waals surface area (Å²) in [7, 11) is 0. The number of rotatable bonds is 1. The van der Waals surface area contributed by atoms with Gasteiger partial charge in [-0.05, 0) is 6.92 Å². The van der Waals surface area contributed by atoms with Gasteiger partial charge in [0.25, 0.3) is 0 Å². The molecule has 0 fully saturated rings. The standard InChI is InChI=1S/C12H15NO/c1-2-4-10-5-3-6-11-9-13-7-8-14-12(10)11/h2-6,13H,7-9H2,1H3. The first kappa shape index (κ1) is 9.28. The lowest BCUT2D eigenvalue weighted by Gasteiger charge is -2.09. The van der Waals surface area contributed by atoms with Gasteiger partial charge in [0, 0.05) is 24.2 Å². The number of benzene rings is 1. The van der Waals surface area contributed by atoms with E-state index in [1.54, 1.807) is 0 Å². The van der Waals surface area contributed by atoms with Crippen LogP contribution in [-0.2, 0) is 6.54 Å². The van der Waals surface area contributed by atoms with E-state index in [9.17, 15) is 0 Å². The van der Waals surface area contributed by atoms with Gasteiger partial charge in [-0.15, -0.1) is 0 Å². The average molecular weight is 189 g/mol. The molecule has 1 aliphatic heterocycles.